The number of rotatable bonds is 0. The second-order valence-electron chi connectivity index (χ2n) is 4.60. The first-order chi connectivity index (χ1) is 8.92. The summed E-state index contributed by atoms with van der Waals surface area (Å²) in [4.78, 5) is 4.58. The molecule has 0 unspecified atom stereocenters. The average Bonchev–Trinajstić information content (AvgIpc) is 2.65. The lowest BCUT2D eigenvalue weighted by atomic mass is 10.2. The van der Waals surface area contributed by atoms with Gasteiger partial charge in [-0.3, -0.25) is 4.99 Å². The predicted octanol–water partition coefficient (Wildman–Crippen LogP) is 3.75. The molecule has 0 N–H and O–H groups in total. The Morgan fingerprint density at radius 2 is 1.78 bits per heavy atom. The van der Waals surface area contributed by atoms with Crippen LogP contribution in [0.3, 0.4) is 0 Å². The molecule has 0 spiro atoms. The molecule has 0 saturated carbocycles. The van der Waals surface area contributed by atoms with Gasteiger partial charge in [-0.05, 0) is 23.8 Å². The van der Waals surface area contributed by atoms with E-state index in [1.165, 1.54) is 22.2 Å². The lowest BCUT2D eigenvalue weighted by molar-refractivity contribution is 0.837. The molecule has 2 nitrogen and oxygen atoms in total. The Morgan fingerprint density at radius 1 is 0.944 bits per heavy atom. The lowest BCUT2D eigenvalue weighted by Crippen LogP contribution is -2.01. The molecule has 0 atom stereocenters. The van der Waals surface area contributed by atoms with E-state index in [4.69, 9.17) is 0 Å². The molecule has 4 rings (SSSR count). The molecule has 1 aromatic heterocycles. The van der Waals surface area contributed by atoms with Gasteiger partial charge in [0, 0.05) is 10.9 Å². The van der Waals surface area contributed by atoms with Crippen LogP contribution in [0.15, 0.2) is 59.6 Å². The third kappa shape index (κ3) is 1.32. The molecule has 0 bridgehead atoms. The molecule has 0 radical (unpaired) electrons. The first kappa shape index (κ1) is 9.66. The van der Waals surface area contributed by atoms with E-state index in [1.807, 2.05) is 12.3 Å². The van der Waals surface area contributed by atoms with Crippen LogP contribution in [0.2, 0.25) is 0 Å². The second kappa shape index (κ2) is 3.57. The Bertz CT molecular complexity index is 766. The van der Waals surface area contributed by atoms with E-state index in [2.05, 4.69) is 58.1 Å². The number of aromatic nitrogens is 1. The minimum absolute atomic E-state index is 0.888. The van der Waals surface area contributed by atoms with Crippen molar-refractivity contribution in [1.82, 2.24) is 4.57 Å². The van der Waals surface area contributed by atoms with E-state index in [9.17, 15) is 0 Å². The summed E-state index contributed by atoms with van der Waals surface area (Å²) in [6.07, 6.45) is 1.96. The quantitative estimate of drug-likeness (QED) is 0.439. The Labute approximate surface area is 105 Å². The zero-order chi connectivity index (χ0) is 11.9. The molecule has 2 aromatic carbocycles. The largest absolute Gasteiger partial charge is 0.335 e. The number of aliphatic imine (C=N–C) groups is 1. The molecular weight excluding hydrogens is 220 g/mol. The highest BCUT2D eigenvalue weighted by Gasteiger charge is 2.12. The smallest absolute Gasteiger partial charge is 0.0680 e. The standard InChI is InChI=1S/C16H12N2/c1-3-7-15-13(6-1)11-18-14(10-17-15)9-12-5-2-4-8-16(12)18/h1-10H,11H2. The fourth-order valence-corrected chi connectivity index (χ4v) is 2.59. The maximum atomic E-state index is 4.58. The fourth-order valence-electron chi connectivity index (χ4n) is 2.59. The van der Waals surface area contributed by atoms with E-state index in [-0.39, 0.29) is 0 Å². The molecule has 86 valence electrons. The predicted molar refractivity (Wildman–Crippen MR) is 74.7 cm³/mol. The van der Waals surface area contributed by atoms with Crippen LogP contribution in [0.25, 0.3) is 10.9 Å². The van der Waals surface area contributed by atoms with Crippen LogP contribution in [0.5, 0.6) is 0 Å². The van der Waals surface area contributed by atoms with Crippen LogP contribution in [-0.4, -0.2) is 10.8 Å². The van der Waals surface area contributed by atoms with E-state index in [0.717, 1.165) is 12.2 Å². The molecule has 0 amide bonds. The summed E-state index contributed by atoms with van der Waals surface area (Å²) < 4.78 is 2.32. The lowest BCUT2D eigenvalue weighted by Gasteiger charge is -2.07. The van der Waals surface area contributed by atoms with Crippen molar-refractivity contribution >= 4 is 22.8 Å². The Hall–Kier alpha value is -2.35. The molecule has 0 aliphatic carbocycles. The average molecular weight is 232 g/mol. The fraction of sp³-hybridized carbons (Fsp3) is 0.0625. The number of nitrogens with zero attached hydrogens (tertiary/aromatic N) is 2. The van der Waals surface area contributed by atoms with Crippen molar-refractivity contribution in [2.75, 3.05) is 0 Å². The highest BCUT2D eigenvalue weighted by atomic mass is 15.0. The maximum absolute atomic E-state index is 4.58. The Morgan fingerprint density at radius 3 is 2.78 bits per heavy atom. The van der Waals surface area contributed by atoms with Gasteiger partial charge in [-0.15, -0.1) is 0 Å². The number of hydrogen-bond acceptors (Lipinski definition) is 1. The van der Waals surface area contributed by atoms with Crippen molar-refractivity contribution in [3.8, 4) is 0 Å². The third-order valence-corrected chi connectivity index (χ3v) is 3.50. The summed E-state index contributed by atoms with van der Waals surface area (Å²) in [6, 6.07) is 19.0. The van der Waals surface area contributed by atoms with Crippen molar-refractivity contribution < 1.29 is 0 Å². The van der Waals surface area contributed by atoms with Crippen molar-refractivity contribution in [3.05, 3.63) is 65.9 Å². The van der Waals surface area contributed by atoms with Gasteiger partial charge in [-0.2, -0.15) is 0 Å². The van der Waals surface area contributed by atoms with Gasteiger partial charge in [0.2, 0.25) is 0 Å². The SMILES string of the molecule is C1=Nc2ccccc2Cn2c1cc1ccccc12. The highest BCUT2D eigenvalue weighted by Crippen LogP contribution is 2.27. The number of benzene rings is 2. The minimum Gasteiger partial charge on any atom is -0.335 e. The first-order valence-corrected chi connectivity index (χ1v) is 6.12. The normalized spacial score (nSPS) is 13.1. The molecule has 0 saturated heterocycles. The van der Waals surface area contributed by atoms with Gasteiger partial charge in [0.05, 0.1) is 24.1 Å². The minimum atomic E-state index is 0.888. The van der Waals surface area contributed by atoms with Crippen LogP contribution < -0.4 is 0 Å². The zero-order valence-electron chi connectivity index (χ0n) is 9.88. The van der Waals surface area contributed by atoms with Crippen LogP contribution in [-0.2, 0) is 6.54 Å². The summed E-state index contributed by atoms with van der Waals surface area (Å²) in [7, 11) is 0. The van der Waals surface area contributed by atoms with Crippen molar-refractivity contribution in [2.24, 2.45) is 4.99 Å². The van der Waals surface area contributed by atoms with Gasteiger partial charge >= 0.3 is 0 Å². The van der Waals surface area contributed by atoms with Crippen molar-refractivity contribution in [1.29, 1.82) is 0 Å². The summed E-state index contributed by atoms with van der Waals surface area (Å²) in [5.41, 5.74) is 4.79. The van der Waals surface area contributed by atoms with E-state index < -0.39 is 0 Å². The molecular formula is C16H12N2. The van der Waals surface area contributed by atoms with E-state index in [0.29, 0.717) is 0 Å². The third-order valence-electron chi connectivity index (χ3n) is 3.50. The monoisotopic (exact) mass is 232 g/mol. The molecule has 18 heavy (non-hydrogen) atoms. The summed E-state index contributed by atoms with van der Waals surface area (Å²) >= 11 is 0. The Kier molecular flexibility index (Phi) is 1.92. The first-order valence-electron chi connectivity index (χ1n) is 6.12. The van der Waals surface area contributed by atoms with E-state index in [1.54, 1.807) is 0 Å². The highest BCUT2D eigenvalue weighted by molar-refractivity contribution is 5.92. The van der Waals surface area contributed by atoms with Gasteiger partial charge < -0.3 is 4.57 Å². The summed E-state index contributed by atoms with van der Waals surface area (Å²) in [5, 5.41) is 1.28. The molecule has 0 fully saturated rings. The van der Waals surface area contributed by atoms with Gasteiger partial charge in [0.15, 0.2) is 0 Å². The molecule has 1 aliphatic heterocycles. The topological polar surface area (TPSA) is 17.3 Å². The van der Waals surface area contributed by atoms with Crippen LogP contribution in [0, 0.1) is 0 Å². The number of fused-ring (bicyclic) bond motifs is 4. The van der Waals surface area contributed by atoms with Crippen molar-refractivity contribution in [2.45, 2.75) is 6.54 Å². The molecule has 2 heteroatoms. The van der Waals surface area contributed by atoms with Crippen LogP contribution in [0.1, 0.15) is 11.3 Å². The van der Waals surface area contributed by atoms with Crippen LogP contribution in [0.4, 0.5) is 5.69 Å². The summed E-state index contributed by atoms with van der Waals surface area (Å²) in [5.74, 6) is 0. The van der Waals surface area contributed by atoms with Gasteiger partial charge in [-0.25, -0.2) is 0 Å². The molecule has 3 aromatic rings. The van der Waals surface area contributed by atoms with Crippen LogP contribution >= 0.6 is 0 Å². The second-order valence-corrected chi connectivity index (χ2v) is 4.60. The number of para-hydroxylation sites is 2. The zero-order valence-corrected chi connectivity index (χ0v) is 9.88. The van der Waals surface area contributed by atoms with E-state index >= 15 is 0 Å². The van der Waals surface area contributed by atoms with Gasteiger partial charge in [0.1, 0.15) is 0 Å². The maximum Gasteiger partial charge on any atom is 0.0680 e. The Balaban J connectivity index is 2.01. The van der Waals surface area contributed by atoms with Gasteiger partial charge in [0.25, 0.3) is 0 Å². The molecule has 1 aliphatic rings. The van der Waals surface area contributed by atoms with Crippen molar-refractivity contribution in [3.63, 3.8) is 0 Å². The number of hydrogen-bond donors (Lipinski definition) is 0. The summed E-state index contributed by atoms with van der Waals surface area (Å²) in [6.45, 7) is 0.888. The van der Waals surface area contributed by atoms with Gasteiger partial charge in [-0.1, -0.05) is 36.4 Å². The molecule has 2 heterocycles.